The molecule has 22 heavy (non-hydrogen) atoms. The second-order valence-electron chi connectivity index (χ2n) is 3.64. The molecule has 0 amide bonds. The van der Waals surface area contributed by atoms with Crippen molar-refractivity contribution in [1.82, 2.24) is 0 Å². The van der Waals surface area contributed by atoms with Gasteiger partial charge >= 0.3 is 13.8 Å². The SMILES string of the molecule is C=CCOOP(=O)(OCc1coc(C(=O)O)c1)OOCC=C. The predicted octanol–water partition coefficient (Wildman–Crippen LogP) is 2.87. The van der Waals surface area contributed by atoms with E-state index in [1.165, 1.54) is 18.2 Å². The average molecular weight is 334 g/mol. The van der Waals surface area contributed by atoms with E-state index in [2.05, 4.69) is 32.3 Å². The van der Waals surface area contributed by atoms with Gasteiger partial charge in [0.25, 0.3) is 0 Å². The number of aromatic carboxylic acids is 1. The Morgan fingerprint density at radius 3 is 2.32 bits per heavy atom. The zero-order chi connectivity index (χ0) is 16.4. The van der Waals surface area contributed by atoms with Crippen LogP contribution in [0.5, 0.6) is 0 Å². The summed E-state index contributed by atoms with van der Waals surface area (Å²) in [7, 11) is -4.19. The predicted molar refractivity (Wildman–Crippen MR) is 72.5 cm³/mol. The van der Waals surface area contributed by atoms with Crippen LogP contribution >= 0.6 is 7.82 Å². The van der Waals surface area contributed by atoms with Gasteiger partial charge < -0.3 is 9.52 Å². The molecule has 0 atom stereocenters. The molecule has 1 heterocycles. The molecule has 0 bridgehead atoms. The molecule has 0 fully saturated rings. The number of rotatable bonds is 12. The minimum atomic E-state index is -4.19. The fraction of sp³-hybridized carbons (Fsp3) is 0.250. The largest absolute Gasteiger partial charge is 0.529 e. The Labute approximate surface area is 126 Å². The second kappa shape index (κ2) is 9.31. The first-order valence-corrected chi connectivity index (χ1v) is 7.36. The summed E-state index contributed by atoms with van der Waals surface area (Å²) in [5.41, 5.74) is 0.303. The van der Waals surface area contributed by atoms with E-state index >= 15 is 0 Å². The quantitative estimate of drug-likeness (QED) is 0.202. The van der Waals surface area contributed by atoms with Crippen LogP contribution < -0.4 is 0 Å². The Morgan fingerprint density at radius 1 is 1.27 bits per heavy atom. The molecule has 0 radical (unpaired) electrons. The summed E-state index contributed by atoms with van der Waals surface area (Å²) in [5, 5.41) is 8.72. The lowest BCUT2D eigenvalue weighted by Gasteiger charge is -2.14. The molecule has 0 aliphatic rings. The van der Waals surface area contributed by atoms with Crippen molar-refractivity contribution < 1.29 is 42.5 Å². The van der Waals surface area contributed by atoms with Crippen LogP contribution in [0.1, 0.15) is 16.1 Å². The zero-order valence-electron chi connectivity index (χ0n) is 11.5. The lowest BCUT2D eigenvalue weighted by Crippen LogP contribution is -2.03. The van der Waals surface area contributed by atoms with Crippen molar-refractivity contribution in [3.05, 3.63) is 49.0 Å². The molecular weight excluding hydrogens is 319 g/mol. The van der Waals surface area contributed by atoms with Crippen molar-refractivity contribution in [3.63, 3.8) is 0 Å². The van der Waals surface area contributed by atoms with Crippen LogP contribution in [-0.4, -0.2) is 24.3 Å². The van der Waals surface area contributed by atoms with Crippen LogP contribution in [0, 0.1) is 0 Å². The van der Waals surface area contributed by atoms with E-state index in [0.717, 1.165) is 6.26 Å². The number of hydrogen-bond acceptors (Lipinski definition) is 8. The average Bonchev–Trinajstić information content (AvgIpc) is 2.95. The molecule has 0 saturated carbocycles. The summed E-state index contributed by atoms with van der Waals surface area (Å²) in [5.74, 6) is -1.54. The highest BCUT2D eigenvalue weighted by Gasteiger charge is 2.31. The number of hydrogen-bond donors (Lipinski definition) is 1. The zero-order valence-corrected chi connectivity index (χ0v) is 12.4. The van der Waals surface area contributed by atoms with E-state index < -0.39 is 13.8 Å². The van der Waals surface area contributed by atoms with Gasteiger partial charge in [0.2, 0.25) is 5.76 Å². The Hall–Kier alpha value is -1.74. The third-order valence-electron chi connectivity index (χ3n) is 1.91. The molecule has 1 aromatic rings. The smallest absolute Gasteiger partial charge is 0.475 e. The second-order valence-corrected chi connectivity index (χ2v) is 5.09. The number of furan rings is 1. The molecule has 1 aromatic heterocycles. The van der Waals surface area contributed by atoms with E-state index in [9.17, 15) is 9.36 Å². The number of carboxylic acids is 1. The number of carboxylic acid groups (broad SMARTS) is 1. The third kappa shape index (κ3) is 6.35. The van der Waals surface area contributed by atoms with Gasteiger partial charge in [0.1, 0.15) is 13.2 Å². The van der Waals surface area contributed by atoms with Crippen LogP contribution in [0.2, 0.25) is 0 Å². The summed E-state index contributed by atoms with van der Waals surface area (Å²) in [6.45, 7) is 6.32. The van der Waals surface area contributed by atoms with Gasteiger partial charge in [0.15, 0.2) is 0 Å². The molecule has 0 saturated heterocycles. The van der Waals surface area contributed by atoms with Crippen molar-refractivity contribution in [2.45, 2.75) is 6.61 Å². The van der Waals surface area contributed by atoms with Gasteiger partial charge in [0, 0.05) is 5.56 Å². The normalized spacial score (nSPS) is 11.3. The van der Waals surface area contributed by atoms with E-state index in [-0.39, 0.29) is 25.6 Å². The molecular formula is C12H15O9P. The monoisotopic (exact) mass is 334 g/mol. The Bertz CT molecular complexity index is 533. The lowest BCUT2D eigenvalue weighted by molar-refractivity contribution is -0.274. The Morgan fingerprint density at radius 2 is 1.86 bits per heavy atom. The molecule has 1 rings (SSSR count). The van der Waals surface area contributed by atoms with E-state index in [4.69, 9.17) is 14.0 Å². The van der Waals surface area contributed by atoms with Crippen LogP contribution in [0.25, 0.3) is 0 Å². The molecule has 0 aliphatic heterocycles. The van der Waals surface area contributed by atoms with Gasteiger partial charge in [0.05, 0.1) is 12.9 Å². The van der Waals surface area contributed by atoms with Gasteiger partial charge in [-0.05, 0) is 6.07 Å². The highest BCUT2D eigenvalue weighted by atomic mass is 31.2. The molecule has 10 heteroatoms. The molecule has 0 spiro atoms. The molecule has 1 N–H and O–H groups in total. The number of carbonyl (C=O) groups is 1. The number of phosphoric acid groups is 1. The minimum absolute atomic E-state index is 0.0625. The molecule has 9 nitrogen and oxygen atoms in total. The van der Waals surface area contributed by atoms with Crippen molar-refractivity contribution in [2.24, 2.45) is 0 Å². The van der Waals surface area contributed by atoms with Crippen LogP contribution in [0.4, 0.5) is 0 Å². The first-order valence-electron chi connectivity index (χ1n) is 5.90. The van der Waals surface area contributed by atoms with Gasteiger partial charge in [-0.15, -0.1) is 22.5 Å². The molecule has 0 aromatic carbocycles. The minimum Gasteiger partial charge on any atom is -0.475 e. The molecule has 0 unspecified atom stereocenters. The maximum Gasteiger partial charge on any atom is 0.529 e. The molecule has 0 aliphatic carbocycles. The van der Waals surface area contributed by atoms with Gasteiger partial charge in [-0.25, -0.2) is 19.1 Å². The summed E-state index contributed by atoms with van der Waals surface area (Å²) in [6, 6.07) is 1.20. The first-order chi connectivity index (χ1) is 10.5. The van der Waals surface area contributed by atoms with Crippen LogP contribution in [-0.2, 0) is 34.8 Å². The van der Waals surface area contributed by atoms with E-state index in [0.29, 0.717) is 5.56 Å². The maximum absolute atomic E-state index is 12.1. The Kier molecular flexibility index (Phi) is 7.75. The van der Waals surface area contributed by atoms with Crippen molar-refractivity contribution in [2.75, 3.05) is 13.2 Å². The van der Waals surface area contributed by atoms with Crippen LogP contribution in [0.15, 0.2) is 42.1 Å². The summed E-state index contributed by atoms with van der Waals surface area (Å²) < 4.78 is 30.9. The summed E-state index contributed by atoms with van der Waals surface area (Å²) >= 11 is 0. The van der Waals surface area contributed by atoms with Gasteiger partial charge in [-0.1, -0.05) is 12.2 Å². The van der Waals surface area contributed by atoms with Crippen molar-refractivity contribution >= 4 is 13.8 Å². The van der Waals surface area contributed by atoms with Gasteiger partial charge in [-0.3, -0.25) is 4.52 Å². The highest BCUT2D eigenvalue weighted by molar-refractivity contribution is 7.48. The van der Waals surface area contributed by atoms with Gasteiger partial charge in [-0.2, -0.15) is 0 Å². The standard InChI is InChI=1S/C12H15O9P/c1-3-5-17-20-22(15,21-18-6-4-2)19-9-10-7-11(12(13)14)16-8-10/h3-4,7-8H,1-2,5-6,9H2,(H,13,14). The summed E-state index contributed by atoms with van der Waals surface area (Å²) in [4.78, 5) is 19.8. The molecule has 122 valence electrons. The fourth-order valence-electron chi connectivity index (χ4n) is 1.06. The third-order valence-corrected chi connectivity index (χ3v) is 2.93. The topological polar surface area (TPSA) is 114 Å². The van der Waals surface area contributed by atoms with E-state index in [1.54, 1.807) is 0 Å². The van der Waals surface area contributed by atoms with E-state index in [1.807, 2.05) is 0 Å². The van der Waals surface area contributed by atoms with Crippen molar-refractivity contribution in [1.29, 1.82) is 0 Å². The van der Waals surface area contributed by atoms with Crippen LogP contribution in [0.3, 0.4) is 0 Å². The van der Waals surface area contributed by atoms with Crippen molar-refractivity contribution in [3.8, 4) is 0 Å². The lowest BCUT2D eigenvalue weighted by atomic mass is 10.3. The maximum atomic E-state index is 12.1. The fourth-order valence-corrected chi connectivity index (χ4v) is 1.86. The first kappa shape index (κ1) is 18.3. The highest BCUT2D eigenvalue weighted by Crippen LogP contribution is 2.50. The summed E-state index contributed by atoms with van der Waals surface area (Å²) in [6.07, 6.45) is 3.83. The Balaban J connectivity index is 2.61.